The summed E-state index contributed by atoms with van der Waals surface area (Å²) in [7, 11) is 0. The van der Waals surface area contributed by atoms with Crippen molar-refractivity contribution < 1.29 is 14.9 Å². The van der Waals surface area contributed by atoms with Crippen LogP contribution in [0.3, 0.4) is 0 Å². The summed E-state index contributed by atoms with van der Waals surface area (Å²) in [5.74, 6) is 0.541. The molecular formula is C9H7Br5O3. The van der Waals surface area contributed by atoms with E-state index >= 15 is 0 Å². The van der Waals surface area contributed by atoms with Gasteiger partial charge in [0.1, 0.15) is 18.5 Å². The van der Waals surface area contributed by atoms with Gasteiger partial charge >= 0.3 is 0 Å². The molecule has 0 saturated heterocycles. The third-order valence-corrected chi connectivity index (χ3v) is 7.82. The predicted octanol–water partition coefficient (Wildman–Crippen LogP) is 4.23. The summed E-state index contributed by atoms with van der Waals surface area (Å²) in [6.07, 6.45) is -0.907. The van der Waals surface area contributed by atoms with Crippen molar-refractivity contribution in [2.45, 2.75) is 6.10 Å². The Bertz CT molecular complexity index is 395. The van der Waals surface area contributed by atoms with Gasteiger partial charge in [-0.25, -0.2) is 0 Å². The Morgan fingerprint density at radius 3 is 1.71 bits per heavy atom. The maximum atomic E-state index is 9.26. The van der Waals surface area contributed by atoms with Gasteiger partial charge in [-0.2, -0.15) is 0 Å². The standard InChI is InChI=1S/C9H7Br5O3/c10-4-5(11)7(13)9(8(14)6(4)12)17-2-3(16)1-15/h3,15-16H,1-2H2. The van der Waals surface area contributed by atoms with Crippen LogP contribution in [0.2, 0.25) is 0 Å². The Morgan fingerprint density at radius 1 is 0.882 bits per heavy atom. The minimum atomic E-state index is -0.907. The smallest absolute Gasteiger partial charge is 0.150 e. The van der Waals surface area contributed by atoms with Gasteiger partial charge in [-0.15, -0.1) is 0 Å². The van der Waals surface area contributed by atoms with Crippen LogP contribution >= 0.6 is 79.6 Å². The molecule has 3 nitrogen and oxygen atoms in total. The first kappa shape index (κ1) is 16.4. The van der Waals surface area contributed by atoms with Crippen molar-refractivity contribution in [1.29, 1.82) is 0 Å². The average Bonchev–Trinajstić information content (AvgIpc) is 2.33. The fraction of sp³-hybridized carbons (Fsp3) is 0.333. The Kier molecular flexibility index (Phi) is 6.95. The summed E-state index contributed by atoms with van der Waals surface area (Å²) in [5, 5.41) is 18.0. The number of hydrogen-bond donors (Lipinski definition) is 2. The lowest BCUT2D eigenvalue weighted by Crippen LogP contribution is -2.21. The Labute approximate surface area is 141 Å². The van der Waals surface area contributed by atoms with E-state index in [4.69, 9.17) is 9.84 Å². The van der Waals surface area contributed by atoms with Gasteiger partial charge in [-0.05, 0) is 79.6 Å². The minimum Gasteiger partial charge on any atom is -0.488 e. The number of rotatable bonds is 4. The van der Waals surface area contributed by atoms with Crippen LogP contribution in [0.1, 0.15) is 0 Å². The topological polar surface area (TPSA) is 49.7 Å². The summed E-state index contributed by atoms with van der Waals surface area (Å²) in [6, 6.07) is 0. The fourth-order valence-corrected chi connectivity index (χ4v) is 4.18. The zero-order chi connectivity index (χ0) is 13.2. The summed E-state index contributed by atoms with van der Waals surface area (Å²) < 4.78 is 9.30. The van der Waals surface area contributed by atoms with Crippen molar-refractivity contribution in [2.75, 3.05) is 13.2 Å². The molecule has 2 N–H and O–H groups in total. The lowest BCUT2D eigenvalue weighted by molar-refractivity contribution is 0.0530. The molecule has 0 saturated carbocycles. The highest BCUT2D eigenvalue weighted by atomic mass is 79.9. The summed E-state index contributed by atoms with van der Waals surface area (Å²) in [6.45, 7) is -0.331. The van der Waals surface area contributed by atoms with Crippen molar-refractivity contribution in [1.82, 2.24) is 0 Å². The van der Waals surface area contributed by atoms with Crippen LogP contribution in [0.15, 0.2) is 22.4 Å². The van der Waals surface area contributed by atoms with E-state index in [0.717, 1.165) is 13.4 Å². The van der Waals surface area contributed by atoms with Crippen LogP contribution in [0.5, 0.6) is 5.75 Å². The molecule has 0 spiro atoms. The number of benzene rings is 1. The second-order valence-electron chi connectivity index (χ2n) is 3.05. The molecule has 96 valence electrons. The van der Waals surface area contributed by atoms with Gasteiger partial charge in [0, 0.05) is 4.47 Å². The third kappa shape index (κ3) is 3.90. The molecule has 0 bridgehead atoms. The lowest BCUT2D eigenvalue weighted by atomic mass is 10.3. The SMILES string of the molecule is OCC(O)COc1c(Br)c(Br)c(Br)c(Br)c1Br. The molecule has 0 aliphatic heterocycles. The van der Waals surface area contributed by atoms with E-state index in [9.17, 15) is 5.11 Å². The molecule has 0 heterocycles. The number of halogens is 5. The van der Waals surface area contributed by atoms with E-state index in [1.807, 2.05) is 0 Å². The molecule has 8 heteroatoms. The maximum absolute atomic E-state index is 9.26. The Balaban J connectivity index is 3.07. The van der Waals surface area contributed by atoms with E-state index in [-0.39, 0.29) is 13.2 Å². The maximum Gasteiger partial charge on any atom is 0.150 e. The molecule has 0 amide bonds. The van der Waals surface area contributed by atoms with Gasteiger partial charge in [0.15, 0.2) is 0 Å². The number of ether oxygens (including phenoxy) is 1. The van der Waals surface area contributed by atoms with E-state index in [2.05, 4.69) is 79.6 Å². The van der Waals surface area contributed by atoms with Gasteiger partial charge in [-0.1, -0.05) is 0 Å². The Morgan fingerprint density at radius 2 is 1.29 bits per heavy atom. The molecule has 1 aromatic carbocycles. The van der Waals surface area contributed by atoms with E-state index in [0.29, 0.717) is 14.7 Å². The largest absolute Gasteiger partial charge is 0.488 e. The van der Waals surface area contributed by atoms with Crippen LogP contribution in [0.4, 0.5) is 0 Å². The van der Waals surface area contributed by atoms with Crippen LogP contribution < -0.4 is 4.74 Å². The quantitative estimate of drug-likeness (QED) is 0.427. The number of hydrogen-bond acceptors (Lipinski definition) is 3. The van der Waals surface area contributed by atoms with E-state index in [1.54, 1.807) is 0 Å². The molecule has 1 rings (SSSR count). The van der Waals surface area contributed by atoms with Crippen LogP contribution in [-0.2, 0) is 0 Å². The average molecular weight is 563 g/mol. The van der Waals surface area contributed by atoms with Gasteiger partial charge in [0.25, 0.3) is 0 Å². The molecule has 1 aromatic rings. The first-order valence-electron chi connectivity index (χ1n) is 4.33. The molecule has 17 heavy (non-hydrogen) atoms. The van der Waals surface area contributed by atoms with Crippen molar-refractivity contribution in [3.05, 3.63) is 22.4 Å². The Hall–Kier alpha value is 1.34. The van der Waals surface area contributed by atoms with Crippen molar-refractivity contribution in [3.63, 3.8) is 0 Å². The van der Waals surface area contributed by atoms with Crippen molar-refractivity contribution in [3.8, 4) is 5.75 Å². The third-order valence-electron chi connectivity index (χ3n) is 1.80. The molecule has 1 unspecified atom stereocenters. The van der Waals surface area contributed by atoms with E-state index < -0.39 is 6.10 Å². The molecule has 0 aromatic heterocycles. The number of aliphatic hydroxyl groups excluding tert-OH is 2. The summed E-state index contributed by atoms with van der Waals surface area (Å²) >= 11 is 17.0. The fourth-order valence-electron chi connectivity index (χ4n) is 0.944. The highest BCUT2D eigenvalue weighted by Crippen LogP contribution is 2.48. The zero-order valence-corrected chi connectivity index (χ0v) is 16.1. The van der Waals surface area contributed by atoms with Gasteiger partial charge in [0.05, 0.1) is 24.5 Å². The highest BCUT2D eigenvalue weighted by Gasteiger charge is 2.19. The molecular weight excluding hydrogens is 556 g/mol. The predicted molar refractivity (Wildman–Crippen MR) is 83.5 cm³/mol. The minimum absolute atomic E-state index is 0.00815. The van der Waals surface area contributed by atoms with Crippen LogP contribution in [0, 0.1) is 0 Å². The molecule has 1 atom stereocenters. The van der Waals surface area contributed by atoms with Gasteiger partial charge in [0.2, 0.25) is 0 Å². The van der Waals surface area contributed by atoms with Crippen LogP contribution in [0.25, 0.3) is 0 Å². The van der Waals surface area contributed by atoms with Crippen molar-refractivity contribution in [2.24, 2.45) is 0 Å². The zero-order valence-electron chi connectivity index (χ0n) is 8.18. The first-order valence-corrected chi connectivity index (χ1v) is 8.29. The molecule has 0 aliphatic carbocycles. The lowest BCUT2D eigenvalue weighted by Gasteiger charge is -2.16. The van der Waals surface area contributed by atoms with E-state index in [1.165, 1.54) is 0 Å². The van der Waals surface area contributed by atoms with Gasteiger partial charge < -0.3 is 14.9 Å². The van der Waals surface area contributed by atoms with Crippen molar-refractivity contribution >= 4 is 79.6 Å². The number of aliphatic hydroxyl groups is 2. The first-order chi connectivity index (χ1) is 7.90. The highest BCUT2D eigenvalue weighted by molar-refractivity contribution is 9.15. The second-order valence-corrected chi connectivity index (χ2v) is 7.01. The molecule has 0 radical (unpaired) electrons. The monoisotopic (exact) mass is 558 g/mol. The second kappa shape index (κ2) is 7.21. The summed E-state index contributed by atoms with van der Waals surface area (Å²) in [4.78, 5) is 0. The normalized spacial score (nSPS) is 12.6. The van der Waals surface area contributed by atoms with Gasteiger partial charge in [-0.3, -0.25) is 0 Å². The summed E-state index contributed by atoms with van der Waals surface area (Å²) in [5.41, 5.74) is 0. The van der Waals surface area contributed by atoms with Crippen LogP contribution in [-0.4, -0.2) is 29.5 Å². The molecule has 0 aliphatic rings. The molecule has 0 fully saturated rings.